The number of benzene rings is 1. The van der Waals surface area contributed by atoms with Gasteiger partial charge in [0.05, 0.1) is 6.04 Å². The van der Waals surface area contributed by atoms with Crippen LogP contribution in [0.3, 0.4) is 0 Å². The van der Waals surface area contributed by atoms with Crippen molar-refractivity contribution in [1.29, 1.82) is 0 Å². The molecule has 0 spiro atoms. The van der Waals surface area contributed by atoms with Gasteiger partial charge < -0.3 is 15.5 Å². The van der Waals surface area contributed by atoms with E-state index in [1.165, 1.54) is 4.90 Å². The number of hydrogen-bond acceptors (Lipinski definition) is 4. The van der Waals surface area contributed by atoms with Gasteiger partial charge >= 0.3 is 0 Å². The molecule has 1 fully saturated rings. The summed E-state index contributed by atoms with van der Waals surface area (Å²) in [5, 5.41) is 10.6. The molecular formula is C18H23N5O2. The van der Waals surface area contributed by atoms with Crippen LogP contribution >= 0.6 is 0 Å². The summed E-state index contributed by atoms with van der Waals surface area (Å²) in [6, 6.07) is 8.86. The Morgan fingerprint density at radius 3 is 2.64 bits per heavy atom. The first-order valence-electron chi connectivity index (χ1n) is 8.43. The average molecular weight is 341 g/mol. The first-order chi connectivity index (χ1) is 12.0. The number of anilines is 1. The van der Waals surface area contributed by atoms with Crippen molar-refractivity contribution in [2.24, 2.45) is 0 Å². The van der Waals surface area contributed by atoms with Crippen LogP contribution in [0.1, 0.15) is 39.7 Å². The Morgan fingerprint density at radius 2 is 2.00 bits per heavy atom. The lowest BCUT2D eigenvalue weighted by Crippen LogP contribution is -2.32. The van der Waals surface area contributed by atoms with E-state index in [1.807, 2.05) is 10.9 Å². The molecule has 0 saturated carbocycles. The number of nitrogens with zero attached hydrogens (tertiary/aromatic N) is 3. The Labute approximate surface area is 147 Å². The van der Waals surface area contributed by atoms with Gasteiger partial charge in [0.2, 0.25) is 0 Å². The van der Waals surface area contributed by atoms with E-state index in [9.17, 15) is 9.59 Å². The summed E-state index contributed by atoms with van der Waals surface area (Å²) in [5.74, 6) is -0.327. The van der Waals surface area contributed by atoms with E-state index in [0.29, 0.717) is 23.0 Å². The highest BCUT2D eigenvalue weighted by Crippen LogP contribution is 2.17. The number of hydrogen-bond donors (Lipinski definition) is 2. The number of carbonyl (C=O) groups is 2. The fourth-order valence-corrected chi connectivity index (χ4v) is 2.87. The largest absolute Gasteiger partial charge is 0.345 e. The summed E-state index contributed by atoms with van der Waals surface area (Å²) >= 11 is 0. The molecule has 1 aliphatic rings. The summed E-state index contributed by atoms with van der Waals surface area (Å²) in [6.07, 6.45) is 4.03. The van der Waals surface area contributed by atoms with E-state index >= 15 is 0 Å². The predicted molar refractivity (Wildman–Crippen MR) is 95.8 cm³/mol. The Balaban J connectivity index is 1.64. The molecule has 1 aromatic carbocycles. The van der Waals surface area contributed by atoms with Crippen LogP contribution in [0.2, 0.25) is 0 Å². The topological polar surface area (TPSA) is 79.3 Å². The quantitative estimate of drug-likeness (QED) is 0.888. The molecule has 3 rings (SSSR count). The van der Waals surface area contributed by atoms with Crippen molar-refractivity contribution in [2.75, 3.05) is 32.5 Å². The lowest BCUT2D eigenvalue weighted by atomic mass is 10.1. The Bertz CT molecular complexity index is 745. The third-order valence-corrected chi connectivity index (χ3v) is 4.28. The van der Waals surface area contributed by atoms with E-state index in [4.69, 9.17) is 0 Å². The third kappa shape index (κ3) is 4.06. The van der Waals surface area contributed by atoms with Gasteiger partial charge in [-0.25, -0.2) is 0 Å². The van der Waals surface area contributed by atoms with Crippen molar-refractivity contribution in [3.63, 3.8) is 0 Å². The Kier molecular flexibility index (Phi) is 5.14. The van der Waals surface area contributed by atoms with Crippen LogP contribution < -0.4 is 10.6 Å². The SMILES string of the molecule is CN(C)C(=O)c1ccc(NC(=O)c2ccn(C3CCCNC3)n2)cc1. The van der Waals surface area contributed by atoms with Gasteiger partial charge in [-0.2, -0.15) is 5.10 Å². The molecule has 2 aromatic rings. The van der Waals surface area contributed by atoms with Crippen molar-refractivity contribution < 1.29 is 9.59 Å². The van der Waals surface area contributed by atoms with Crippen molar-refractivity contribution in [1.82, 2.24) is 20.0 Å². The van der Waals surface area contributed by atoms with E-state index < -0.39 is 0 Å². The summed E-state index contributed by atoms with van der Waals surface area (Å²) in [5.41, 5.74) is 1.60. The van der Waals surface area contributed by atoms with Gasteiger partial charge in [0, 0.05) is 38.1 Å². The second-order valence-electron chi connectivity index (χ2n) is 6.41. The van der Waals surface area contributed by atoms with E-state index in [2.05, 4.69) is 15.7 Å². The number of nitrogens with one attached hydrogen (secondary N) is 2. The molecule has 1 saturated heterocycles. The summed E-state index contributed by atoms with van der Waals surface area (Å²) < 4.78 is 1.86. The van der Waals surface area contributed by atoms with E-state index in [-0.39, 0.29) is 11.8 Å². The molecule has 1 atom stereocenters. The van der Waals surface area contributed by atoms with Crippen LogP contribution in [0.25, 0.3) is 0 Å². The van der Waals surface area contributed by atoms with Crippen molar-refractivity contribution in [3.05, 3.63) is 47.8 Å². The fraction of sp³-hybridized carbons (Fsp3) is 0.389. The molecule has 132 valence electrons. The number of aromatic nitrogens is 2. The van der Waals surface area contributed by atoms with Gasteiger partial charge in [0.15, 0.2) is 5.69 Å². The van der Waals surface area contributed by atoms with Crippen LogP contribution in [0, 0.1) is 0 Å². The lowest BCUT2D eigenvalue weighted by molar-refractivity contribution is 0.0827. The predicted octanol–water partition coefficient (Wildman–Crippen LogP) is 1.76. The minimum absolute atomic E-state index is 0.0716. The first kappa shape index (κ1) is 17.2. The van der Waals surface area contributed by atoms with Gasteiger partial charge in [-0.1, -0.05) is 0 Å². The molecule has 0 radical (unpaired) electrons. The zero-order valence-electron chi connectivity index (χ0n) is 14.5. The second-order valence-corrected chi connectivity index (χ2v) is 6.41. The molecule has 2 N–H and O–H groups in total. The van der Waals surface area contributed by atoms with Crippen LogP contribution in [0.15, 0.2) is 36.5 Å². The van der Waals surface area contributed by atoms with E-state index in [1.54, 1.807) is 44.4 Å². The maximum atomic E-state index is 12.4. The summed E-state index contributed by atoms with van der Waals surface area (Å²) in [6.45, 7) is 1.92. The molecule has 7 nitrogen and oxygen atoms in total. The molecule has 25 heavy (non-hydrogen) atoms. The fourth-order valence-electron chi connectivity index (χ4n) is 2.87. The van der Waals surface area contributed by atoms with Crippen molar-refractivity contribution in [2.45, 2.75) is 18.9 Å². The minimum atomic E-state index is -0.255. The normalized spacial score (nSPS) is 17.1. The van der Waals surface area contributed by atoms with Gasteiger partial charge in [0.1, 0.15) is 0 Å². The van der Waals surface area contributed by atoms with Crippen LogP contribution in [-0.4, -0.2) is 53.7 Å². The van der Waals surface area contributed by atoms with Gasteiger partial charge in [-0.05, 0) is 49.7 Å². The summed E-state index contributed by atoms with van der Waals surface area (Å²) in [7, 11) is 3.41. The number of piperidine rings is 1. The summed E-state index contributed by atoms with van der Waals surface area (Å²) in [4.78, 5) is 25.7. The molecule has 0 bridgehead atoms. The zero-order chi connectivity index (χ0) is 17.8. The standard InChI is InChI=1S/C18H23N5O2/c1-22(2)18(25)13-5-7-14(8-6-13)20-17(24)16-9-11-23(21-16)15-4-3-10-19-12-15/h5-9,11,15,19H,3-4,10,12H2,1-2H3,(H,20,24). The molecular weight excluding hydrogens is 318 g/mol. The second kappa shape index (κ2) is 7.48. The minimum Gasteiger partial charge on any atom is -0.345 e. The van der Waals surface area contributed by atoms with Crippen molar-refractivity contribution in [3.8, 4) is 0 Å². The highest BCUT2D eigenvalue weighted by atomic mass is 16.2. The lowest BCUT2D eigenvalue weighted by Gasteiger charge is -2.22. The smallest absolute Gasteiger partial charge is 0.276 e. The maximum Gasteiger partial charge on any atom is 0.276 e. The van der Waals surface area contributed by atoms with Gasteiger partial charge in [0.25, 0.3) is 11.8 Å². The average Bonchev–Trinajstić information content (AvgIpc) is 3.13. The highest BCUT2D eigenvalue weighted by molar-refractivity contribution is 6.03. The first-order valence-corrected chi connectivity index (χ1v) is 8.43. The molecule has 7 heteroatoms. The molecule has 2 amide bonds. The van der Waals surface area contributed by atoms with Crippen LogP contribution in [0.5, 0.6) is 0 Å². The molecule has 1 aromatic heterocycles. The van der Waals surface area contributed by atoms with Gasteiger partial charge in [-0.3, -0.25) is 14.3 Å². The number of amides is 2. The van der Waals surface area contributed by atoms with E-state index in [0.717, 1.165) is 25.9 Å². The number of carbonyl (C=O) groups excluding carboxylic acids is 2. The third-order valence-electron chi connectivity index (χ3n) is 4.28. The molecule has 1 unspecified atom stereocenters. The Hall–Kier alpha value is -2.67. The monoisotopic (exact) mass is 341 g/mol. The molecule has 2 heterocycles. The van der Waals surface area contributed by atoms with Crippen molar-refractivity contribution >= 4 is 17.5 Å². The number of rotatable bonds is 4. The van der Waals surface area contributed by atoms with Crippen LogP contribution in [-0.2, 0) is 0 Å². The van der Waals surface area contributed by atoms with Crippen LogP contribution in [0.4, 0.5) is 5.69 Å². The van der Waals surface area contributed by atoms with Gasteiger partial charge in [-0.15, -0.1) is 0 Å². The molecule has 1 aliphatic heterocycles. The maximum absolute atomic E-state index is 12.4. The molecule has 0 aliphatic carbocycles. The zero-order valence-corrected chi connectivity index (χ0v) is 14.5. The highest BCUT2D eigenvalue weighted by Gasteiger charge is 2.18. The Morgan fingerprint density at radius 1 is 1.24 bits per heavy atom.